The summed E-state index contributed by atoms with van der Waals surface area (Å²) in [5.41, 5.74) is 1.46. The molecule has 2 nitrogen and oxygen atoms in total. The number of benzene rings is 1. The van der Waals surface area contributed by atoms with Crippen molar-refractivity contribution in [3.8, 4) is 0 Å². The molecule has 1 unspecified atom stereocenters. The van der Waals surface area contributed by atoms with Crippen LogP contribution in [0.1, 0.15) is 102 Å². The quantitative estimate of drug-likeness (QED) is 0.300. The summed E-state index contributed by atoms with van der Waals surface area (Å²) in [5.74, 6) is 0. The van der Waals surface area contributed by atoms with Crippen LogP contribution < -0.4 is 0 Å². The van der Waals surface area contributed by atoms with E-state index in [-0.39, 0.29) is 17.9 Å². The monoisotopic (exact) mass is 385 g/mol. The molecule has 0 aliphatic carbocycles. The van der Waals surface area contributed by atoms with Crippen LogP contribution in [0.25, 0.3) is 0 Å². The average molecular weight is 386 g/mol. The van der Waals surface area contributed by atoms with Gasteiger partial charge in [0.15, 0.2) is 0 Å². The summed E-state index contributed by atoms with van der Waals surface area (Å²) in [5, 5.41) is 0. The van der Waals surface area contributed by atoms with Gasteiger partial charge in [0.2, 0.25) is 0 Å². The average Bonchev–Trinajstić information content (AvgIpc) is 2.59. The van der Waals surface area contributed by atoms with Crippen LogP contribution in [0.3, 0.4) is 0 Å². The van der Waals surface area contributed by atoms with Gasteiger partial charge in [0.05, 0.1) is 0 Å². The summed E-state index contributed by atoms with van der Waals surface area (Å²) in [4.78, 5) is 2.37. The highest BCUT2D eigenvalue weighted by molar-refractivity contribution is 5.85. The van der Waals surface area contributed by atoms with Crippen molar-refractivity contribution in [2.45, 2.75) is 96.4 Å². The van der Waals surface area contributed by atoms with E-state index < -0.39 is 0 Å². The molecule has 154 valence electrons. The van der Waals surface area contributed by atoms with E-state index in [0.29, 0.717) is 6.04 Å². The Balaban J connectivity index is 0. The van der Waals surface area contributed by atoms with Crippen molar-refractivity contribution >= 4 is 12.4 Å². The molecule has 0 spiro atoms. The predicted molar refractivity (Wildman–Crippen MR) is 119 cm³/mol. The first-order valence-electron chi connectivity index (χ1n) is 10.5. The minimum atomic E-state index is 0. The summed E-state index contributed by atoms with van der Waals surface area (Å²) in [7, 11) is 4.41. The fraction of sp³-hybridized carbons (Fsp3) is 0.739. The van der Waals surface area contributed by atoms with Gasteiger partial charge in [-0.15, -0.1) is 12.4 Å². The van der Waals surface area contributed by atoms with E-state index in [2.05, 4.69) is 56.3 Å². The first kappa shape index (κ1) is 27.6. The molecule has 0 fully saturated rings. The standard InChI is InChI=1S/C23H41N.ClH.H2O/c1-4-5-6-7-8-9-10-11-12-13-14-18-21-23(24(2)3)22-19-16-15-17-20-22;;/h15-17,19-20,23H,4-14,18,21H2,1-3H3;1H;1H2. The molecule has 0 radical (unpaired) electrons. The first-order valence-corrected chi connectivity index (χ1v) is 10.5. The van der Waals surface area contributed by atoms with Crippen molar-refractivity contribution < 1.29 is 5.48 Å². The molecule has 1 aromatic carbocycles. The van der Waals surface area contributed by atoms with Crippen molar-refractivity contribution in [1.29, 1.82) is 0 Å². The Labute approximate surface area is 169 Å². The number of unbranched alkanes of at least 4 members (excludes halogenated alkanes) is 11. The number of hydrogen-bond acceptors (Lipinski definition) is 1. The molecule has 1 rings (SSSR count). The largest absolute Gasteiger partial charge is 0.412 e. The molecule has 26 heavy (non-hydrogen) atoms. The van der Waals surface area contributed by atoms with Gasteiger partial charge in [-0.2, -0.15) is 0 Å². The van der Waals surface area contributed by atoms with Crippen LogP contribution in [0.2, 0.25) is 0 Å². The molecule has 0 saturated heterocycles. The van der Waals surface area contributed by atoms with Gasteiger partial charge in [0.25, 0.3) is 0 Å². The van der Waals surface area contributed by atoms with E-state index in [0.717, 1.165) is 0 Å². The van der Waals surface area contributed by atoms with E-state index in [1.807, 2.05) is 0 Å². The third kappa shape index (κ3) is 13.6. The second kappa shape index (κ2) is 19.2. The van der Waals surface area contributed by atoms with Gasteiger partial charge in [0.1, 0.15) is 0 Å². The number of rotatable bonds is 15. The zero-order chi connectivity index (χ0) is 17.5. The van der Waals surface area contributed by atoms with Crippen LogP contribution in [0.4, 0.5) is 0 Å². The molecular weight excluding hydrogens is 342 g/mol. The van der Waals surface area contributed by atoms with Gasteiger partial charge >= 0.3 is 0 Å². The lowest BCUT2D eigenvalue weighted by atomic mass is 9.98. The third-order valence-corrected chi connectivity index (χ3v) is 5.14. The molecule has 0 bridgehead atoms. The maximum absolute atomic E-state index is 2.37. The van der Waals surface area contributed by atoms with Gasteiger partial charge in [-0.05, 0) is 26.1 Å². The summed E-state index contributed by atoms with van der Waals surface area (Å²) in [6.45, 7) is 2.29. The van der Waals surface area contributed by atoms with Crippen LogP contribution in [-0.2, 0) is 0 Å². The molecule has 0 amide bonds. The molecule has 0 heterocycles. The molecule has 0 aliphatic rings. The molecule has 0 aliphatic heterocycles. The van der Waals surface area contributed by atoms with Gasteiger partial charge in [-0.3, -0.25) is 0 Å². The molecule has 1 aromatic rings. The zero-order valence-corrected chi connectivity index (χ0v) is 18.3. The minimum Gasteiger partial charge on any atom is -0.412 e. The highest BCUT2D eigenvalue weighted by atomic mass is 35.5. The van der Waals surface area contributed by atoms with Gasteiger partial charge in [0, 0.05) is 6.04 Å². The van der Waals surface area contributed by atoms with E-state index in [4.69, 9.17) is 0 Å². The highest BCUT2D eigenvalue weighted by Crippen LogP contribution is 2.24. The van der Waals surface area contributed by atoms with Gasteiger partial charge in [-0.25, -0.2) is 0 Å². The molecule has 3 heteroatoms. The van der Waals surface area contributed by atoms with Crippen molar-refractivity contribution in [3.63, 3.8) is 0 Å². The Hall–Kier alpha value is -0.570. The fourth-order valence-corrected chi connectivity index (χ4v) is 3.58. The number of halogens is 1. The molecule has 2 N–H and O–H groups in total. The summed E-state index contributed by atoms with van der Waals surface area (Å²) in [6, 6.07) is 11.5. The second-order valence-electron chi connectivity index (χ2n) is 7.57. The van der Waals surface area contributed by atoms with Crippen LogP contribution >= 0.6 is 12.4 Å². The zero-order valence-electron chi connectivity index (χ0n) is 17.5. The van der Waals surface area contributed by atoms with Crippen molar-refractivity contribution in [3.05, 3.63) is 35.9 Å². The van der Waals surface area contributed by atoms with Crippen LogP contribution in [0, 0.1) is 0 Å². The summed E-state index contributed by atoms with van der Waals surface area (Å²) in [6.07, 6.45) is 18.4. The molecule has 1 atom stereocenters. The normalized spacial score (nSPS) is 11.7. The SMILES string of the molecule is CCCCCCCCCCCCCCC(c1ccccc1)N(C)C.Cl.O. The Morgan fingerprint density at radius 2 is 1.12 bits per heavy atom. The van der Waals surface area contributed by atoms with Crippen molar-refractivity contribution in [2.75, 3.05) is 14.1 Å². The van der Waals surface area contributed by atoms with Crippen LogP contribution in [0.15, 0.2) is 30.3 Å². The lowest BCUT2D eigenvalue weighted by Crippen LogP contribution is -2.19. The van der Waals surface area contributed by atoms with Crippen molar-refractivity contribution in [1.82, 2.24) is 4.90 Å². The van der Waals surface area contributed by atoms with E-state index in [1.54, 1.807) is 0 Å². The minimum absolute atomic E-state index is 0. The van der Waals surface area contributed by atoms with Crippen LogP contribution in [0.5, 0.6) is 0 Å². The Morgan fingerprint density at radius 3 is 1.54 bits per heavy atom. The van der Waals surface area contributed by atoms with Crippen LogP contribution in [-0.4, -0.2) is 24.5 Å². The predicted octanol–water partition coefficient (Wildman–Crippen LogP) is 6.98. The topological polar surface area (TPSA) is 34.7 Å². The van der Waals surface area contributed by atoms with Crippen molar-refractivity contribution in [2.24, 2.45) is 0 Å². The summed E-state index contributed by atoms with van der Waals surface area (Å²) < 4.78 is 0. The Kier molecular flexibility index (Phi) is 20.4. The highest BCUT2D eigenvalue weighted by Gasteiger charge is 2.12. The maximum Gasteiger partial charge on any atom is 0.0342 e. The van der Waals surface area contributed by atoms with E-state index in [9.17, 15) is 0 Å². The number of nitrogens with zero attached hydrogens (tertiary/aromatic N) is 1. The molecular formula is C23H44ClNO. The summed E-state index contributed by atoms with van der Waals surface area (Å²) >= 11 is 0. The Bertz CT molecular complexity index is 383. The lowest BCUT2D eigenvalue weighted by Gasteiger charge is -2.24. The molecule has 0 saturated carbocycles. The van der Waals surface area contributed by atoms with Gasteiger partial charge in [-0.1, -0.05) is 114 Å². The number of hydrogen-bond donors (Lipinski definition) is 0. The smallest absolute Gasteiger partial charge is 0.0342 e. The van der Waals surface area contributed by atoms with E-state index >= 15 is 0 Å². The fourth-order valence-electron chi connectivity index (χ4n) is 3.58. The maximum atomic E-state index is 2.37. The second-order valence-corrected chi connectivity index (χ2v) is 7.57. The first-order chi connectivity index (χ1) is 11.8. The van der Waals surface area contributed by atoms with Gasteiger partial charge < -0.3 is 10.4 Å². The lowest BCUT2D eigenvalue weighted by molar-refractivity contribution is 0.276. The Morgan fingerprint density at radius 1 is 0.692 bits per heavy atom. The van der Waals surface area contributed by atoms with E-state index in [1.165, 1.54) is 89.0 Å². The third-order valence-electron chi connectivity index (χ3n) is 5.14. The molecule has 0 aromatic heterocycles.